The van der Waals surface area contributed by atoms with Crippen molar-refractivity contribution in [2.75, 3.05) is 0 Å². The lowest BCUT2D eigenvalue weighted by Crippen LogP contribution is -2.38. The number of carbonyl (C=O) groups is 1. The zero-order chi connectivity index (χ0) is 16.3. The third-order valence-corrected chi connectivity index (χ3v) is 5.68. The molecule has 0 bridgehead atoms. The molecule has 0 aromatic heterocycles. The second kappa shape index (κ2) is 7.15. The van der Waals surface area contributed by atoms with Crippen molar-refractivity contribution < 1.29 is 9.53 Å². The molecule has 1 rings (SSSR count). The maximum atomic E-state index is 12.6. The lowest BCUT2D eigenvalue weighted by Gasteiger charge is -2.38. The van der Waals surface area contributed by atoms with Crippen molar-refractivity contribution >= 4 is 5.97 Å². The molecule has 1 unspecified atom stereocenters. The van der Waals surface area contributed by atoms with Crippen molar-refractivity contribution in [1.82, 2.24) is 0 Å². The second-order valence-electron chi connectivity index (χ2n) is 8.57. The largest absolute Gasteiger partial charge is 0.462 e. The minimum atomic E-state index is -0.324. The van der Waals surface area contributed by atoms with Crippen LogP contribution in [0.4, 0.5) is 0 Å². The van der Waals surface area contributed by atoms with Gasteiger partial charge >= 0.3 is 5.97 Å². The predicted molar refractivity (Wildman–Crippen MR) is 89.1 cm³/mol. The van der Waals surface area contributed by atoms with Gasteiger partial charge in [-0.3, -0.25) is 4.79 Å². The third-order valence-electron chi connectivity index (χ3n) is 5.68. The second-order valence-corrected chi connectivity index (χ2v) is 8.57. The Balaban J connectivity index is 2.57. The first-order valence-electron chi connectivity index (χ1n) is 8.82. The first-order valence-corrected chi connectivity index (χ1v) is 8.82. The standard InChI is InChI=1S/C19H36O2/c1-8-13-19(7,14(2)3)17(20)21-16-11-9-15(10-12-16)18(4,5)6/h14-16H,8-13H2,1-7H3. The van der Waals surface area contributed by atoms with Crippen LogP contribution in [0, 0.1) is 22.7 Å². The number of esters is 1. The van der Waals surface area contributed by atoms with Gasteiger partial charge in [-0.25, -0.2) is 0 Å². The van der Waals surface area contributed by atoms with Gasteiger partial charge in [-0.2, -0.15) is 0 Å². The van der Waals surface area contributed by atoms with E-state index in [0.717, 1.165) is 31.6 Å². The number of carbonyl (C=O) groups excluding carboxylic acids is 1. The van der Waals surface area contributed by atoms with Crippen LogP contribution in [0.25, 0.3) is 0 Å². The van der Waals surface area contributed by atoms with Gasteiger partial charge in [0, 0.05) is 0 Å². The van der Waals surface area contributed by atoms with Crippen LogP contribution in [0.2, 0.25) is 0 Å². The quantitative estimate of drug-likeness (QED) is 0.617. The first kappa shape index (κ1) is 18.5. The van der Waals surface area contributed by atoms with Gasteiger partial charge in [-0.1, -0.05) is 48.0 Å². The maximum absolute atomic E-state index is 12.6. The van der Waals surface area contributed by atoms with E-state index in [4.69, 9.17) is 4.74 Å². The fraction of sp³-hybridized carbons (Fsp3) is 0.947. The molecule has 1 atom stereocenters. The Morgan fingerprint density at radius 3 is 2.00 bits per heavy atom. The average molecular weight is 296 g/mol. The highest BCUT2D eigenvalue weighted by atomic mass is 16.5. The molecule has 1 saturated carbocycles. The fourth-order valence-electron chi connectivity index (χ4n) is 3.48. The van der Waals surface area contributed by atoms with Crippen molar-refractivity contribution in [3.05, 3.63) is 0 Å². The van der Waals surface area contributed by atoms with Gasteiger partial charge in [0.1, 0.15) is 6.10 Å². The van der Waals surface area contributed by atoms with Crippen LogP contribution >= 0.6 is 0 Å². The molecular weight excluding hydrogens is 260 g/mol. The lowest BCUT2D eigenvalue weighted by atomic mass is 9.71. The van der Waals surface area contributed by atoms with Crippen molar-refractivity contribution in [2.24, 2.45) is 22.7 Å². The Morgan fingerprint density at radius 2 is 1.62 bits per heavy atom. The number of ether oxygens (including phenoxy) is 1. The van der Waals surface area contributed by atoms with Crippen LogP contribution in [0.3, 0.4) is 0 Å². The summed E-state index contributed by atoms with van der Waals surface area (Å²) in [4.78, 5) is 12.6. The normalized spacial score (nSPS) is 26.5. The Labute approximate surface area is 132 Å². The molecule has 0 aromatic rings. The molecule has 1 fully saturated rings. The molecule has 2 nitrogen and oxygen atoms in total. The van der Waals surface area contributed by atoms with E-state index in [1.54, 1.807) is 0 Å². The van der Waals surface area contributed by atoms with E-state index in [-0.39, 0.29) is 17.5 Å². The van der Waals surface area contributed by atoms with Gasteiger partial charge in [0.25, 0.3) is 0 Å². The van der Waals surface area contributed by atoms with E-state index in [0.29, 0.717) is 11.3 Å². The lowest BCUT2D eigenvalue weighted by molar-refractivity contribution is -0.166. The van der Waals surface area contributed by atoms with Crippen molar-refractivity contribution in [3.63, 3.8) is 0 Å². The van der Waals surface area contributed by atoms with Gasteiger partial charge in [0.05, 0.1) is 5.41 Å². The van der Waals surface area contributed by atoms with E-state index < -0.39 is 0 Å². The minimum Gasteiger partial charge on any atom is -0.462 e. The molecule has 0 saturated heterocycles. The Hall–Kier alpha value is -0.530. The summed E-state index contributed by atoms with van der Waals surface area (Å²) in [5.41, 5.74) is 0.0548. The molecule has 0 N–H and O–H groups in total. The minimum absolute atomic E-state index is 0.0264. The van der Waals surface area contributed by atoms with E-state index in [2.05, 4.69) is 48.5 Å². The molecule has 21 heavy (non-hydrogen) atoms. The van der Waals surface area contributed by atoms with Crippen LogP contribution in [-0.2, 0) is 9.53 Å². The molecule has 2 heteroatoms. The fourth-order valence-corrected chi connectivity index (χ4v) is 3.48. The summed E-state index contributed by atoms with van der Waals surface area (Å²) >= 11 is 0. The Kier molecular flexibility index (Phi) is 6.31. The predicted octanol–water partition coefficient (Wildman–Crippen LogP) is 5.60. The van der Waals surface area contributed by atoms with E-state index in [1.807, 2.05) is 0 Å². The summed E-state index contributed by atoms with van der Waals surface area (Å²) in [6.07, 6.45) is 6.54. The van der Waals surface area contributed by atoms with E-state index >= 15 is 0 Å². The molecular formula is C19H36O2. The summed E-state index contributed by atoms with van der Waals surface area (Å²) < 4.78 is 5.89. The van der Waals surface area contributed by atoms with Crippen LogP contribution in [-0.4, -0.2) is 12.1 Å². The molecule has 1 aliphatic rings. The van der Waals surface area contributed by atoms with Crippen LogP contribution in [0.5, 0.6) is 0 Å². The summed E-state index contributed by atoms with van der Waals surface area (Å²) in [6, 6.07) is 0. The highest BCUT2D eigenvalue weighted by Crippen LogP contribution is 2.40. The molecule has 0 aromatic carbocycles. The summed E-state index contributed by atoms with van der Waals surface area (Å²) in [5, 5.41) is 0. The highest BCUT2D eigenvalue weighted by molar-refractivity contribution is 5.76. The third kappa shape index (κ3) is 4.72. The summed E-state index contributed by atoms with van der Waals surface area (Å²) in [6.45, 7) is 15.4. The molecule has 0 heterocycles. The average Bonchev–Trinajstić information content (AvgIpc) is 2.38. The zero-order valence-electron chi connectivity index (χ0n) is 15.3. The van der Waals surface area contributed by atoms with Crippen molar-refractivity contribution in [1.29, 1.82) is 0 Å². The summed E-state index contributed by atoms with van der Waals surface area (Å²) in [5.74, 6) is 1.12. The van der Waals surface area contributed by atoms with Crippen molar-refractivity contribution in [2.45, 2.75) is 93.1 Å². The van der Waals surface area contributed by atoms with E-state index in [9.17, 15) is 4.79 Å². The summed E-state index contributed by atoms with van der Waals surface area (Å²) in [7, 11) is 0. The molecule has 0 amide bonds. The van der Waals surface area contributed by atoms with Crippen LogP contribution in [0.1, 0.15) is 87.0 Å². The van der Waals surface area contributed by atoms with Gasteiger partial charge < -0.3 is 4.74 Å². The topological polar surface area (TPSA) is 26.3 Å². The van der Waals surface area contributed by atoms with Gasteiger partial charge in [-0.05, 0) is 56.3 Å². The van der Waals surface area contributed by atoms with Crippen molar-refractivity contribution in [3.8, 4) is 0 Å². The number of hydrogen-bond donors (Lipinski definition) is 0. The monoisotopic (exact) mass is 296 g/mol. The van der Waals surface area contributed by atoms with Gasteiger partial charge in [0.2, 0.25) is 0 Å². The zero-order valence-corrected chi connectivity index (χ0v) is 15.3. The molecule has 0 spiro atoms. The van der Waals surface area contributed by atoms with E-state index in [1.165, 1.54) is 12.8 Å². The number of rotatable bonds is 5. The Morgan fingerprint density at radius 1 is 1.10 bits per heavy atom. The molecule has 124 valence electrons. The molecule has 1 aliphatic carbocycles. The molecule has 0 aliphatic heterocycles. The Bertz CT molecular complexity index is 332. The van der Waals surface area contributed by atoms with Gasteiger partial charge in [-0.15, -0.1) is 0 Å². The smallest absolute Gasteiger partial charge is 0.312 e. The van der Waals surface area contributed by atoms with Gasteiger partial charge in [0.15, 0.2) is 0 Å². The highest BCUT2D eigenvalue weighted by Gasteiger charge is 2.39. The molecule has 0 radical (unpaired) electrons. The van der Waals surface area contributed by atoms with Crippen LogP contribution < -0.4 is 0 Å². The maximum Gasteiger partial charge on any atom is 0.312 e. The first-order chi connectivity index (χ1) is 9.61. The van der Waals surface area contributed by atoms with Crippen LogP contribution in [0.15, 0.2) is 0 Å². The SMILES string of the molecule is CCCC(C)(C(=O)OC1CCC(C(C)(C)C)CC1)C(C)C. The number of hydrogen-bond acceptors (Lipinski definition) is 2.